The maximum Gasteiger partial charge on any atom is -0.000327 e. The molecule has 0 saturated heterocycles. The summed E-state index contributed by atoms with van der Waals surface area (Å²) in [5.74, 6) is 0. The van der Waals surface area contributed by atoms with Crippen molar-refractivity contribution in [3.05, 3.63) is 23.1 Å². The van der Waals surface area contributed by atoms with Crippen LogP contribution in [0.5, 0.6) is 0 Å². The third kappa shape index (κ3) is 5.96. The molecule has 0 N–H and O–H groups in total. The van der Waals surface area contributed by atoms with Crippen LogP contribution in [0.3, 0.4) is 0 Å². The summed E-state index contributed by atoms with van der Waals surface area (Å²) < 4.78 is 0. The molecule has 0 aliphatic rings. The molecule has 0 amide bonds. The van der Waals surface area contributed by atoms with E-state index in [1.54, 1.807) is 0 Å². The molecule has 1 heteroatoms. The minimum atomic E-state index is 1.06. The third-order valence-corrected chi connectivity index (χ3v) is 1.49. The first-order chi connectivity index (χ1) is 4.81. The predicted octanol–water partition coefficient (Wildman–Crippen LogP) is 3.57. The third-order valence-electron chi connectivity index (χ3n) is 1.16. The summed E-state index contributed by atoms with van der Waals surface area (Å²) in [6.07, 6.45) is 9.76. The number of hydrogen-bond donors (Lipinski definition) is 1. The van der Waals surface area contributed by atoms with Gasteiger partial charge in [0.05, 0.1) is 0 Å². The molecule has 58 valence electrons. The van der Waals surface area contributed by atoms with E-state index in [0.29, 0.717) is 0 Å². The van der Waals surface area contributed by atoms with Crippen molar-refractivity contribution in [1.82, 2.24) is 0 Å². The average molecular weight is 156 g/mol. The second kappa shape index (κ2) is 6.94. The first kappa shape index (κ1) is 9.83. The molecule has 0 aromatic rings. The number of hydrogen-bond acceptors (Lipinski definition) is 1. The van der Waals surface area contributed by atoms with Crippen molar-refractivity contribution in [2.24, 2.45) is 0 Å². The minimum Gasteiger partial charge on any atom is -0.144 e. The van der Waals surface area contributed by atoms with Gasteiger partial charge in [0, 0.05) is 0 Å². The molecular formula is C9H16S. The Hall–Kier alpha value is -0.170. The van der Waals surface area contributed by atoms with Crippen LogP contribution < -0.4 is 0 Å². The van der Waals surface area contributed by atoms with Gasteiger partial charge in [-0.15, -0.1) is 12.6 Å². The molecule has 0 unspecified atom stereocenters. The topological polar surface area (TPSA) is 0 Å². The Morgan fingerprint density at radius 3 is 2.60 bits per heavy atom. The smallest absolute Gasteiger partial charge is 0.000327 e. The summed E-state index contributed by atoms with van der Waals surface area (Å²) in [6, 6.07) is 0. The van der Waals surface area contributed by atoms with Gasteiger partial charge in [0.25, 0.3) is 0 Å². The molecule has 0 aliphatic carbocycles. The summed E-state index contributed by atoms with van der Waals surface area (Å²) >= 11 is 4.26. The van der Waals surface area contributed by atoms with Crippen LogP contribution in [0.25, 0.3) is 0 Å². The summed E-state index contributed by atoms with van der Waals surface area (Å²) in [5.41, 5.74) is 0. The van der Waals surface area contributed by atoms with Crippen LogP contribution in [0.15, 0.2) is 23.1 Å². The fourth-order valence-corrected chi connectivity index (χ4v) is 0.936. The van der Waals surface area contributed by atoms with Crippen molar-refractivity contribution < 1.29 is 0 Å². The van der Waals surface area contributed by atoms with Crippen molar-refractivity contribution in [1.29, 1.82) is 0 Å². The van der Waals surface area contributed by atoms with E-state index >= 15 is 0 Å². The van der Waals surface area contributed by atoms with Gasteiger partial charge in [-0.1, -0.05) is 38.5 Å². The largest absolute Gasteiger partial charge is 0.144 e. The van der Waals surface area contributed by atoms with Crippen molar-refractivity contribution in [3.63, 3.8) is 0 Å². The molecular weight excluding hydrogens is 140 g/mol. The summed E-state index contributed by atoms with van der Waals surface area (Å²) in [4.78, 5) is 1.08. The van der Waals surface area contributed by atoms with E-state index in [-0.39, 0.29) is 0 Å². The molecule has 0 heterocycles. The molecule has 10 heavy (non-hydrogen) atoms. The molecule has 0 nitrogen and oxygen atoms in total. The van der Waals surface area contributed by atoms with Crippen LogP contribution in [0.1, 0.15) is 33.1 Å². The molecule has 0 saturated carbocycles. The Morgan fingerprint density at radius 2 is 2.10 bits per heavy atom. The van der Waals surface area contributed by atoms with Crippen LogP contribution in [0, 0.1) is 0 Å². The van der Waals surface area contributed by atoms with Crippen LogP contribution in [-0.2, 0) is 0 Å². The van der Waals surface area contributed by atoms with Crippen LogP contribution in [0.4, 0.5) is 0 Å². The Balaban J connectivity index is 3.55. The Morgan fingerprint density at radius 1 is 1.40 bits per heavy atom. The first-order valence-corrected chi connectivity index (χ1v) is 4.31. The molecule has 0 aliphatic heterocycles. The Bertz CT molecular complexity index is 123. The lowest BCUT2D eigenvalue weighted by atomic mass is 10.3. The highest BCUT2D eigenvalue weighted by Crippen LogP contribution is 2.04. The predicted molar refractivity (Wildman–Crippen MR) is 51.4 cm³/mol. The van der Waals surface area contributed by atoms with E-state index in [4.69, 9.17) is 0 Å². The van der Waals surface area contributed by atoms with E-state index in [1.165, 1.54) is 6.42 Å². The second-order valence-electron chi connectivity index (χ2n) is 2.23. The standard InChI is InChI=1S/C9H16S/c1-3-5-6-8-9(10)7-4-2/h6-8,10H,3-5H2,1-2H3/b8-6-,9-7+. The first-order valence-electron chi connectivity index (χ1n) is 3.87. The van der Waals surface area contributed by atoms with Gasteiger partial charge in [-0.05, 0) is 17.7 Å². The van der Waals surface area contributed by atoms with E-state index in [9.17, 15) is 0 Å². The number of thiol groups is 1. The van der Waals surface area contributed by atoms with Gasteiger partial charge in [-0.2, -0.15) is 0 Å². The molecule has 0 atom stereocenters. The van der Waals surface area contributed by atoms with Gasteiger partial charge in [0.1, 0.15) is 0 Å². The van der Waals surface area contributed by atoms with E-state index in [2.05, 4.69) is 44.7 Å². The Kier molecular flexibility index (Phi) is 6.83. The van der Waals surface area contributed by atoms with E-state index in [1.807, 2.05) is 0 Å². The van der Waals surface area contributed by atoms with Gasteiger partial charge in [-0.25, -0.2) is 0 Å². The highest BCUT2D eigenvalue weighted by molar-refractivity contribution is 7.84. The van der Waals surface area contributed by atoms with E-state index in [0.717, 1.165) is 17.7 Å². The van der Waals surface area contributed by atoms with Crippen molar-refractivity contribution in [2.45, 2.75) is 33.1 Å². The number of unbranched alkanes of at least 4 members (excludes halogenated alkanes) is 1. The van der Waals surface area contributed by atoms with Gasteiger partial charge in [0.2, 0.25) is 0 Å². The zero-order valence-electron chi connectivity index (χ0n) is 6.80. The summed E-state index contributed by atoms with van der Waals surface area (Å²) in [7, 11) is 0. The highest BCUT2D eigenvalue weighted by Gasteiger charge is 1.78. The van der Waals surface area contributed by atoms with Gasteiger partial charge < -0.3 is 0 Å². The maximum atomic E-state index is 4.26. The number of rotatable bonds is 4. The lowest BCUT2D eigenvalue weighted by Gasteiger charge is -1.88. The maximum absolute atomic E-state index is 4.26. The molecule has 0 radical (unpaired) electrons. The lowest BCUT2D eigenvalue weighted by molar-refractivity contribution is 0.958. The highest BCUT2D eigenvalue weighted by atomic mass is 32.1. The quantitative estimate of drug-likeness (QED) is 0.467. The molecule has 0 aromatic carbocycles. The minimum absolute atomic E-state index is 1.06. The van der Waals surface area contributed by atoms with Crippen LogP contribution in [-0.4, -0.2) is 0 Å². The Labute approximate surface area is 69.4 Å². The molecule has 0 spiro atoms. The fraction of sp³-hybridized carbons (Fsp3) is 0.556. The van der Waals surface area contributed by atoms with Gasteiger partial charge >= 0.3 is 0 Å². The molecule has 0 rings (SSSR count). The molecule has 0 fully saturated rings. The number of allylic oxidation sites excluding steroid dienone is 3. The van der Waals surface area contributed by atoms with Crippen molar-refractivity contribution in [2.75, 3.05) is 0 Å². The van der Waals surface area contributed by atoms with Gasteiger partial charge in [-0.3, -0.25) is 0 Å². The zero-order valence-corrected chi connectivity index (χ0v) is 7.70. The summed E-state index contributed by atoms with van der Waals surface area (Å²) in [5, 5.41) is 0. The van der Waals surface area contributed by atoms with Crippen LogP contribution in [0.2, 0.25) is 0 Å². The van der Waals surface area contributed by atoms with Crippen molar-refractivity contribution >= 4 is 12.6 Å². The normalized spacial score (nSPS) is 12.9. The SMILES string of the molecule is CC/C=C(S)\C=C/CCC. The fourth-order valence-electron chi connectivity index (χ4n) is 0.648. The second-order valence-corrected chi connectivity index (χ2v) is 2.74. The zero-order chi connectivity index (χ0) is 7.82. The van der Waals surface area contributed by atoms with Crippen molar-refractivity contribution in [3.8, 4) is 0 Å². The van der Waals surface area contributed by atoms with E-state index < -0.39 is 0 Å². The van der Waals surface area contributed by atoms with Gasteiger partial charge in [0.15, 0.2) is 0 Å². The molecule has 0 bridgehead atoms. The lowest BCUT2D eigenvalue weighted by Crippen LogP contribution is -1.65. The molecule has 0 aromatic heterocycles. The summed E-state index contributed by atoms with van der Waals surface area (Å²) in [6.45, 7) is 4.29. The average Bonchev–Trinajstić information content (AvgIpc) is 1.89. The monoisotopic (exact) mass is 156 g/mol. The van der Waals surface area contributed by atoms with Crippen LogP contribution >= 0.6 is 12.6 Å².